The van der Waals surface area contributed by atoms with Gasteiger partial charge in [0.15, 0.2) is 0 Å². The number of thiophene rings is 1. The van der Waals surface area contributed by atoms with E-state index in [1.807, 2.05) is 17.5 Å². The Labute approximate surface area is 116 Å². The molecule has 18 heavy (non-hydrogen) atoms. The first-order chi connectivity index (χ1) is 8.66. The molecule has 0 unspecified atom stereocenters. The molecule has 0 aliphatic heterocycles. The lowest BCUT2D eigenvalue weighted by molar-refractivity contribution is 0.0952. The van der Waals surface area contributed by atoms with Crippen LogP contribution in [-0.2, 0) is 0 Å². The summed E-state index contributed by atoms with van der Waals surface area (Å²) in [6, 6.07) is 8.44. The van der Waals surface area contributed by atoms with Crippen molar-refractivity contribution in [3.8, 4) is 5.75 Å². The molecule has 1 heterocycles. The lowest BCUT2D eigenvalue weighted by atomic mass is 10.2. The Kier molecular flexibility index (Phi) is 4.11. The number of carbonyl (C=O) groups is 1. The van der Waals surface area contributed by atoms with E-state index in [1.54, 1.807) is 12.3 Å². The van der Waals surface area contributed by atoms with Crippen LogP contribution < -0.4 is 5.43 Å². The van der Waals surface area contributed by atoms with Gasteiger partial charge in [0.05, 0.1) is 11.8 Å². The molecule has 1 aromatic heterocycles. The van der Waals surface area contributed by atoms with Gasteiger partial charge < -0.3 is 5.11 Å². The molecule has 6 heteroatoms. The molecule has 0 aliphatic carbocycles. The van der Waals surface area contributed by atoms with Crippen LogP contribution in [0.4, 0.5) is 0 Å². The van der Waals surface area contributed by atoms with Gasteiger partial charge in [0, 0.05) is 9.35 Å². The number of carbonyl (C=O) groups excluding carboxylic acids is 1. The van der Waals surface area contributed by atoms with Gasteiger partial charge in [0.1, 0.15) is 5.75 Å². The maximum atomic E-state index is 11.7. The summed E-state index contributed by atoms with van der Waals surface area (Å²) >= 11 is 4.72. The number of hydrogen-bond donors (Lipinski definition) is 2. The average molecular weight is 325 g/mol. The zero-order valence-electron chi connectivity index (χ0n) is 9.13. The van der Waals surface area contributed by atoms with Crippen molar-refractivity contribution in [2.75, 3.05) is 0 Å². The van der Waals surface area contributed by atoms with E-state index in [0.717, 1.165) is 4.88 Å². The van der Waals surface area contributed by atoms with Gasteiger partial charge in [-0.25, -0.2) is 5.43 Å². The molecule has 2 rings (SSSR count). The summed E-state index contributed by atoms with van der Waals surface area (Å²) in [7, 11) is 0. The fourth-order valence-electron chi connectivity index (χ4n) is 1.28. The van der Waals surface area contributed by atoms with Gasteiger partial charge in [0.2, 0.25) is 0 Å². The Bertz CT molecular complexity index is 582. The zero-order chi connectivity index (χ0) is 13.0. The first-order valence-electron chi connectivity index (χ1n) is 5.02. The van der Waals surface area contributed by atoms with Crippen LogP contribution in [0.2, 0.25) is 0 Å². The molecule has 2 aromatic rings. The second-order valence-electron chi connectivity index (χ2n) is 3.38. The van der Waals surface area contributed by atoms with Gasteiger partial charge in [-0.15, -0.1) is 11.3 Å². The largest absolute Gasteiger partial charge is 0.507 e. The zero-order valence-corrected chi connectivity index (χ0v) is 11.5. The van der Waals surface area contributed by atoms with E-state index in [9.17, 15) is 9.90 Å². The number of benzene rings is 1. The molecule has 0 fully saturated rings. The average Bonchev–Trinajstić information content (AvgIpc) is 2.81. The fourth-order valence-corrected chi connectivity index (χ4v) is 2.21. The summed E-state index contributed by atoms with van der Waals surface area (Å²) in [6.07, 6.45) is 1.55. The topological polar surface area (TPSA) is 61.7 Å². The number of hydrazone groups is 1. The smallest absolute Gasteiger partial charge is 0.275 e. The van der Waals surface area contributed by atoms with Crippen LogP contribution in [0.25, 0.3) is 0 Å². The lowest BCUT2D eigenvalue weighted by Gasteiger charge is -2.02. The fraction of sp³-hybridized carbons (Fsp3) is 0. The van der Waals surface area contributed by atoms with Crippen molar-refractivity contribution in [1.29, 1.82) is 0 Å². The minimum Gasteiger partial charge on any atom is -0.507 e. The number of hydrogen-bond acceptors (Lipinski definition) is 4. The van der Waals surface area contributed by atoms with E-state index < -0.39 is 5.91 Å². The highest BCUT2D eigenvalue weighted by Gasteiger charge is 2.09. The van der Waals surface area contributed by atoms with Crippen LogP contribution in [0.5, 0.6) is 5.75 Å². The van der Waals surface area contributed by atoms with Crippen LogP contribution in [0.1, 0.15) is 15.2 Å². The summed E-state index contributed by atoms with van der Waals surface area (Å²) in [5.41, 5.74) is 2.54. The number of aromatic hydroxyl groups is 1. The molecule has 0 aliphatic rings. The standard InChI is InChI=1S/C12H9BrN2O2S/c13-8-3-4-10(11(16)6-8)12(17)15-14-7-9-2-1-5-18-9/h1-7,16H,(H,15,17)/b14-7-. The van der Waals surface area contributed by atoms with Crippen molar-refractivity contribution in [3.05, 3.63) is 50.6 Å². The highest BCUT2D eigenvalue weighted by molar-refractivity contribution is 9.10. The van der Waals surface area contributed by atoms with Crippen molar-refractivity contribution in [2.45, 2.75) is 0 Å². The molecule has 0 saturated carbocycles. The SMILES string of the molecule is O=C(N/N=C\c1cccs1)c1ccc(Br)cc1O. The van der Waals surface area contributed by atoms with Crippen LogP contribution in [0.3, 0.4) is 0 Å². The van der Waals surface area contributed by atoms with Crippen LogP contribution in [0, 0.1) is 0 Å². The molecule has 0 saturated heterocycles. The minimum absolute atomic E-state index is 0.0896. The van der Waals surface area contributed by atoms with E-state index in [-0.39, 0.29) is 11.3 Å². The second kappa shape index (κ2) is 5.79. The maximum absolute atomic E-state index is 11.7. The van der Waals surface area contributed by atoms with Gasteiger partial charge in [-0.3, -0.25) is 4.79 Å². The molecule has 0 radical (unpaired) electrons. The Morgan fingerprint density at radius 1 is 1.44 bits per heavy atom. The molecule has 2 N–H and O–H groups in total. The summed E-state index contributed by atoms with van der Waals surface area (Å²) in [6.45, 7) is 0. The molecule has 4 nitrogen and oxygen atoms in total. The number of halogens is 1. The van der Waals surface area contributed by atoms with E-state index >= 15 is 0 Å². The van der Waals surface area contributed by atoms with Gasteiger partial charge in [-0.05, 0) is 29.6 Å². The predicted octanol–water partition coefficient (Wildman–Crippen LogP) is 2.98. The van der Waals surface area contributed by atoms with Gasteiger partial charge in [0.25, 0.3) is 5.91 Å². The number of nitrogens with one attached hydrogen (secondary N) is 1. The maximum Gasteiger partial charge on any atom is 0.275 e. The number of nitrogens with zero attached hydrogens (tertiary/aromatic N) is 1. The van der Waals surface area contributed by atoms with Crippen LogP contribution in [-0.4, -0.2) is 17.2 Å². The molecule has 0 bridgehead atoms. The van der Waals surface area contributed by atoms with E-state index in [0.29, 0.717) is 4.47 Å². The van der Waals surface area contributed by atoms with E-state index in [1.165, 1.54) is 23.5 Å². The Morgan fingerprint density at radius 3 is 2.94 bits per heavy atom. The van der Waals surface area contributed by atoms with Crippen molar-refractivity contribution in [2.24, 2.45) is 5.10 Å². The Balaban J connectivity index is 2.04. The van der Waals surface area contributed by atoms with E-state index in [2.05, 4.69) is 26.5 Å². The van der Waals surface area contributed by atoms with Crippen molar-refractivity contribution in [1.82, 2.24) is 5.43 Å². The van der Waals surface area contributed by atoms with Crippen molar-refractivity contribution < 1.29 is 9.90 Å². The lowest BCUT2D eigenvalue weighted by Crippen LogP contribution is -2.17. The number of rotatable bonds is 3. The molecular formula is C12H9BrN2O2S. The first-order valence-corrected chi connectivity index (χ1v) is 6.69. The predicted molar refractivity (Wildman–Crippen MR) is 75.2 cm³/mol. The highest BCUT2D eigenvalue weighted by atomic mass is 79.9. The molecule has 1 amide bonds. The Morgan fingerprint density at radius 2 is 2.28 bits per heavy atom. The monoisotopic (exact) mass is 324 g/mol. The summed E-state index contributed by atoms with van der Waals surface area (Å²) in [4.78, 5) is 12.6. The third kappa shape index (κ3) is 3.18. The minimum atomic E-state index is -0.451. The highest BCUT2D eigenvalue weighted by Crippen LogP contribution is 2.21. The second-order valence-corrected chi connectivity index (χ2v) is 5.27. The summed E-state index contributed by atoms with van der Waals surface area (Å²) in [5, 5.41) is 15.3. The number of amides is 1. The first kappa shape index (κ1) is 12.8. The van der Waals surface area contributed by atoms with Crippen molar-refractivity contribution in [3.63, 3.8) is 0 Å². The third-order valence-corrected chi connectivity index (χ3v) is 3.41. The van der Waals surface area contributed by atoms with Crippen LogP contribution >= 0.6 is 27.3 Å². The quantitative estimate of drug-likeness (QED) is 0.673. The van der Waals surface area contributed by atoms with Crippen molar-refractivity contribution >= 4 is 39.4 Å². The number of phenols is 1. The molecular weight excluding hydrogens is 316 g/mol. The summed E-state index contributed by atoms with van der Waals surface area (Å²) < 4.78 is 0.707. The molecule has 0 atom stereocenters. The van der Waals surface area contributed by atoms with Crippen LogP contribution in [0.15, 0.2) is 45.3 Å². The van der Waals surface area contributed by atoms with Gasteiger partial charge >= 0.3 is 0 Å². The molecule has 92 valence electrons. The normalized spacial score (nSPS) is 10.7. The number of phenolic OH excluding ortho intramolecular Hbond substituents is 1. The Hall–Kier alpha value is -1.66. The third-order valence-electron chi connectivity index (χ3n) is 2.11. The molecule has 1 aromatic carbocycles. The van der Waals surface area contributed by atoms with E-state index in [4.69, 9.17) is 0 Å². The van der Waals surface area contributed by atoms with Gasteiger partial charge in [-0.1, -0.05) is 22.0 Å². The molecule has 0 spiro atoms. The summed E-state index contributed by atoms with van der Waals surface area (Å²) in [5.74, 6) is -0.541. The van der Waals surface area contributed by atoms with Gasteiger partial charge in [-0.2, -0.15) is 5.10 Å².